The van der Waals surface area contributed by atoms with Gasteiger partial charge in [-0.15, -0.1) is 24.0 Å². The van der Waals surface area contributed by atoms with Crippen LogP contribution in [0.3, 0.4) is 0 Å². The summed E-state index contributed by atoms with van der Waals surface area (Å²) in [6.07, 6.45) is 0. The molecule has 0 aliphatic heterocycles. The molecule has 15 heavy (non-hydrogen) atoms. The number of rotatable bonds is 6. The summed E-state index contributed by atoms with van der Waals surface area (Å²) in [4.78, 5) is 6.22. The average molecular weight is 330 g/mol. The minimum atomic E-state index is 0. The van der Waals surface area contributed by atoms with Gasteiger partial charge in [0.1, 0.15) is 0 Å². The molecule has 0 fully saturated rings. The van der Waals surface area contributed by atoms with Gasteiger partial charge in [0.2, 0.25) is 0 Å². The van der Waals surface area contributed by atoms with Gasteiger partial charge in [-0.3, -0.25) is 4.99 Å². The summed E-state index contributed by atoms with van der Waals surface area (Å²) in [5.41, 5.74) is 0. The molecule has 6 heteroatoms. The Hall–Kier alpha value is -0.0800. The SMILES string of the molecule is CN=C(NC)NCCN(C)CCOC.I. The first-order valence-corrected chi connectivity index (χ1v) is 4.80. The van der Waals surface area contributed by atoms with Crippen molar-refractivity contribution in [2.75, 3.05) is 54.5 Å². The minimum Gasteiger partial charge on any atom is -0.383 e. The summed E-state index contributed by atoms with van der Waals surface area (Å²) < 4.78 is 4.98. The molecule has 0 aliphatic carbocycles. The van der Waals surface area contributed by atoms with Gasteiger partial charge in [-0.25, -0.2) is 0 Å². The number of methoxy groups -OCH3 is 1. The van der Waals surface area contributed by atoms with E-state index in [0.717, 1.165) is 32.2 Å². The van der Waals surface area contributed by atoms with Crippen molar-refractivity contribution in [1.82, 2.24) is 15.5 Å². The number of guanidine groups is 1. The van der Waals surface area contributed by atoms with E-state index in [1.807, 2.05) is 7.05 Å². The van der Waals surface area contributed by atoms with Crippen LogP contribution < -0.4 is 10.6 Å². The standard InChI is InChI=1S/C9H22N4O.HI/c1-10-9(11-2)12-5-6-13(3)7-8-14-4;/h5-8H2,1-4H3,(H2,10,11,12);1H. The summed E-state index contributed by atoms with van der Waals surface area (Å²) in [7, 11) is 7.40. The summed E-state index contributed by atoms with van der Waals surface area (Å²) >= 11 is 0. The molecule has 0 aromatic carbocycles. The minimum absolute atomic E-state index is 0. The predicted molar refractivity (Wildman–Crippen MR) is 75.2 cm³/mol. The largest absolute Gasteiger partial charge is 0.383 e. The van der Waals surface area contributed by atoms with Gasteiger partial charge in [0, 0.05) is 40.8 Å². The number of ether oxygens (including phenoxy) is 1. The molecular formula is C9H23IN4O. The van der Waals surface area contributed by atoms with Crippen molar-refractivity contribution < 1.29 is 4.74 Å². The Morgan fingerprint density at radius 1 is 1.40 bits per heavy atom. The zero-order valence-electron chi connectivity index (χ0n) is 10.0. The lowest BCUT2D eigenvalue weighted by Crippen LogP contribution is -2.39. The third-order valence-corrected chi connectivity index (χ3v) is 1.92. The highest BCUT2D eigenvalue weighted by molar-refractivity contribution is 14.0. The molecule has 0 heterocycles. The lowest BCUT2D eigenvalue weighted by atomic mass is 10.5. The van der Waals surface area contributed by atoms with Crippen molar-refractivity contribution >= 4 is 29.9 Å². The zero-order valence-corrected chi connectivity index (χ0v) is 12.4. The van der Waals surface area contributed by atoms with E-state index in [4.69, 9.17) is 4.74 Å². The first-order valence-electron chi connectivity index (χ1n) is 4.80. The second kappa shape index (κ2) is 12.0. The molecule has 0 amide bonds. The second-order valence-electron chi connectivity index (χ2n) is 3.05. The molecule has 92 valence electrons. The second-order valence-corrected chi connectivity index (χ2v) is 3.05. The Labute approximate surface area is 110 Å². The van der Waals surface area contributed by atoms with Crippen LogP contribution in [0.1, 0.15) is 0 Å². The molecule has 0 unspecified atom stereocenters. The van der Waals surface area contributed by atoms with E-state index in [-0.39, 0.29) is 24.0 Å². The lowest BCUT2D eigenvalue weighted by molar-refractivity contribution is 0.162. The number of aliphatic imine (C=N–C) groups is 1. The fraction of sp³-hybridized carbons (Fsp3) is 0.889. The van der Waals surface area contributed by atoms with E-state index >= 15 is 0 Å². The van der Waals surface area contributed by atoms with Crippen molar-refractivity contribution in [2.45, 2.75) is 0 Å². The van der Waals surface area contributed by atoms with Crippen molar-refractivity contribution in [3.05, 3.63) is 0 Å². The maximum absolute atomic E-state index is 4.98. The van der Waals surface area contributed by atoms with Crippen molar-refractivity contribution in [3.8, 4) is 0 Å². The Kier molecular flexibility index (Phi) is 13.8. The van der Waals surface area contributed by atoms with Crippen LogP contribution in [0.4, 0.5) is 0 Å². The molecule has 0 atom stereocenters. The van der Waals surface area contributed by atoms with Gasteiger partial charge < -0.3 is 20.3 Å². The number of nitrogens with one attached hydrogen (secondary N) is 2. The molecule has 0 bridgehead atoms. The van der Waals surface area contributed by atoms with Gasteiger partial charge in [-0.1, -0.05) is 0 Å². The summed E-state index contributed by atoms with van der Waals surface area (Å²) in [6.45, 7) is 3.59. The maximum Gasteiger partial charge on any atom is 0.190 e. The van der Waals surface area contributed by atoms with Crippen molar-refractivity contribution in [2.24, 2.45) is 4.99 Å². The molecule has 0 rings (SSSR count). The van der Waals surface area contributed by atoms with Gasteiger partial charge in [-0.2, -0.15) is 0 Å². The Balaban J connectivity index is 0. The molecule has 0 aromatic heterocycles. The molecule has 0 saturated carbocycles. The van der Waals surface area contributed by atoms with Crippen LogP contribution >= 0.6 is 24.0 Å². The number of halogens is 1. The van der Waals surface area contributed by atoms with Gasteiger partial charge in [-0.05, 0) is 7.05 Å². The van der Waals surface area contributed by atoms with E-state index in [9.17, 15) is 0 Å². The highest BCUT2D eigenvalue weighted by Crippen LogP contribution is 1.80. The fourth-order valence-corrected chi connectivity index (χ4v) is 1.00. The van der Waals surface area contributed by atoms with E-state index < -0.39 is 0 Å². The highest BCUT2D eigenvalue weighted by Gasteiger charge is 1.97. The van der Waals surface area contributed by atoms with Crippen LogP contribution in [0.25, 0.3) is 0 Å². The highest BCUT2D eigenvalue weighted by atomic mass is 127. The van der Waals surface area contributed by atoms with Gasteiger partial charge in [0.05, 0.1) is 6.61 Å². The Bertz CT molecular complexity index is 166. The van der Waals surface area contributed by atoms with Gasteiger partial charge in [0.25, 0.3) is 0 Å². The summed E-state index contributed by atoms with van der Waals surface area (Å²) in [6, 6.07) is 0. The van der Waals surface area contributed by atoms with Gasteiger partial charge in [0.15, 0.2) is 5.96 Å². The van der Waals surface area contributed by atoms with Crippen molar-refractivity contribution in [1.29, 1.82) is 0 Å². The number of hydrogen-bond acceptors (Lipinski definition) is 3. The first kappa shape index (κ1) is 17.3. The zero-order chi connectivity index (χ0) is 10.8. The Morgan fingerprint density at radius 2 is 2.07 bits per heavy atom. The molecule has 0 radical (unpaired) electrons. The van der Waals surface area contributed by atoms with Crippen molar-refractivity contribution in [3.63, 3.8) is 0 Å². The first-order chi connectivity index (χ1) is 6.74. The van der Waals surface area contributed by atoms with E-state index in [2.05, 4.69) is 27.6 Å². The Morgan fingerprint density at radius 3 is 2.53 bits per heavy atom. The van der Waals surface area contributed by atoms with Crippen LogP contribution in [0.15, 0.2) is 4.99 Å². The molecule has 0 aliphatic rings. The number of hydrogen-bond donors (Lipinski definition) is 2. The van der Waals surface area contributed by atoms with Gasteiger partial charge >= 0.3 is 0 Å². The smallest absolute Gasteiger partial charge is 0.190 e. The molecular weight excluding hydrogens is 307 g/mol. The average Bonchev–Trinajstić information content (AvgIpc) is 2.21. The number of nitrogens with zero attached hydrogens (tertiary/aromatic N) is 2. The maximum atomic E-state index is 4.98. The van der Waals surface area contributed by atoms with E-state index in [1.54, 1.807) is 14.2 Å². The van der Waals surface area contributed by atoms with Crippen LogP contribution in [0, 0.1) is 0 Å². The number of likely N-dealkylation sites (N-methyl/N-ethyl adjacent to an activating group) is 1. The quantitative estimate of drug-likeness (QED) is 0.408. The van der Waals surface area contributed by atoms with Crippen LogP contribution in [-0.2, 0) is 4.74 Å². The van der Waals surface area contributed by atoms with E-state index in [1.165, 1.54) is 0 Å². The lowest BCUT2D eigenvalue weighted by Gasteiger charge is -2.16. The molecule has 0 saturated heterocycles. The summed E-state index contributed by atoms with van der Waals surface area (Å²) in [5, 5.41) is 6.15. The molecule has 5 nitrogen and oxygen atoms in total. The third kappa shape index (κ3) is 10.2. The topological polar surface area (TPSA) is 48.9 Å². The third-order valence-electron chi connectivity index (χ3n) is 1.92. The monoisotopic (exact) mass is 330 g/mol. The van der Waals surface area contributed by atoms with Crippen LogP contribution in [-0.4, -0.2) is 65.4 Å². The fourth-order valence-electron chi connectivity index (χ4n) is 1.00. The molecule has 0 spiro atoms. The normalized spacial score (nSPS) is 11.1. The van der Waals surface area contributed by atoms with Crippen LogP contribution in [0.2, 0.25) is 0 Å². The van der Waals surface area contributed by atoms with E-state index in [0.29, 0.717) is 0 Å². The predicted octanol–water partition coefficient (Wildman–Crippen LogP) is -0.0226. The molecule has 2 N–H and O–H groups in total. The summed E-state index contributed by atoms with van der Waals surface area (Å²) in [5.74, 6) is 0.824. The van der Waals surface area contributed by atoms with Crippen LogP contribution in [0.5, 0.6) is 0 Å². The molecule has 0 aromatic rings.